The average Bonchev–Trinajstić information content (AvgIpc) is 2.82. The van der Waals surface area contributed by atoms with Gasteiger partial charge in [-0.05, 0) is 49.4 Å². The Bertz CT molecular complexity index is 421. The molecule has 1 saturated carbocycles. The molecule has 3 heteroatoms. The number of rotatable bonds is 5. The number of nitrogens with one attached hydrogen (secondary N) is 1. The zero-order valence-corrected chi connectivity index (χ0v) is 12.1. The topological polar surface area (TPSA) is 21.3 Å². The van der Waals surface area contributed by atoms with E-state index in [0.29, 0.717) is 5.75 Å². The van der Waals surface area contributed by atoms with Crippen LogP contribution in [0.5, 0.6) is 5.75 Å². The third-order valence-corrected chi connectivity index (χ3v) is 4.40. The van der Waals surface area contributed by atoms with Crippen LogP contribution >= 0.6 is 0 Å². The molecular weight excluding hydrogens is 241 g/mol. The molecule has 1 fully saturated rings. The number of hydrogen-bond acceptors (Lipinski definition) is 2. The molecule has 0 saturated heterocycles. The van der Waals surface area contributed by atoms with Gasteiger partial charge in [-0.1, -0.05) is 25.8 Å². The highest BCUT2D eigenvalue weighted by molar-refractivity contribution is 5.31. The lowest BCUT2D eigenvalue weighted by molar-refractivity contribution is 0.371. The summed E-state index contributed by atoms with van der Waals surface area (Å²) in [6.45, 7) is 5.50. The number of methoxy groups -OCH3 is 1. The van der Waals surface area contributed by atoms with Crippen molar-refractivity contribution in [2.45, 2.75) is 39.2 Å². The zero-order chi connectivity index (χ0) is 13.8. The first kappa shape index (κ1) is 14.3. The van der Waals surface area contributed by atoms with Gasteiger partial charge in [0.25, 0.3) is 0 Å². The molecule has 1 aliphatic rings. The Morgan fingerprint density at radius 3 is 2.84 bits per heavy atom. The van der Waals surface area contributed by atoms with E-state index in [1.807, 2.05) is 6.07 Å². The molecule has 19 heavy (non-hydrogen) atoms. The molecule has 0 bridgehead atoms. The predicted octanol–water partition coefficient (Wildman–Crippen LogP) is 3.92. The molecule has 0 aliphatic heterocycles. The fourth-order valence-electron chi connectivity index (χ4n) is 2.92. The third kappa shape index (κ3) is 3.47. The van der Waals surface area contributed by atoms with Gasteiger partial charge in [-0.25, -0.2) is 4.39 Å². The van der Waals surface area contributed by atoms with Gasteiger partial charge in [-0.15, -0.1) is 0 Å². The smallest absolute Gasteiger partial charge is 0.165 e. The summed E-state index contributed by atoms with van der Waals surface area (Å²) in [7, 11) is 1.50. The summed E-state index contributed by atoms with van der Waals surface area (Å²) < 4.78 is 18.4. The highest BCUT2D eigenvalue weighted by atomic mass is 19.1. The maximum atomic E-state index is 13.4. The van der Waals surface area contributed by atoms with Gasteiger partial charge in [-0.2, -0.15) is 0 Å². The van der Waals surface area contributed by atoms with Crippen LogP contribution in [0.25, 0.3) is 0 Å². The summed E-state index contributed by atoms with van der Waals surface area (Å²) in [5, 5.41) is 3.56. The summed E-state index contributed by atoms with van der Waals surface area (Å²) in [6, 6.07) is 5.31. The van der Waals surface area contributed by atoms with Crippen LogP contribution in [0, 0.1) is 17.7 Å². The van der Waals surface area contributed by atoms with Crippen molar-refractivity contribution in [2.75, 3.05) is 13.7 Å². The van der Waals surface area contributed by atoms with Crippen LogP contribution < -0.4 is 10.1 Å². The van der Waals surface area contributed by atoms with Crippen LogP contribution in [0.4, 0.5) is 4.39 Å². The molecular formula is C16H24FNO. The van der Waals surface area contributed by atoms with Crippen LogP contribution in [-0.2, 0) is 0 Å². The van der Waals surface area contributed by atoms with E-state index in [4.69, 9.17) is 4.74 Å². The molecule has 0 radical (unpaired) electrons. The van der Waals surface area contributed by atoms with Crippen molar-refractivity contribution < 1.29 is 9.13 Å². The Balaban J connectivity index is 1.94. The van der Waals surface area contributed by atoms with E-state index in [1.54, 1.807) is 6.07 Å². The van der Waals surface area contributed by atoms with E-state index in [2.05, 4.69) is 19.2 Å². The molecule has 0 amide bonds. The van der Waals surface area contributed by atoms with Gasteiger partial charge in [-0.3, -0.25) is 0 Å². The van der Waals surface area contributed by atoms with Gasteiger partial charge in [0.15, 0.2) is 11.6 Å². The van der Waals surface area contributed by atoms with Crippen molar-refractivity contribution >= 4 is 0 Å². The Morgan fingerprint density at radius 2 is 2.21 bits per heavy atom. The van der Waals surface area contributed by atoms with Crippen LogP contribution in [0.15, 0.2) is 18.2 Å². The quantitative estimate of drug-likeness (QED) is 0.871. The standard InChI is InChI=1S/C16H24FNO/c1-11-5-4-6-14(11)10-18-12(2)13-7-8-15(17)16(9-13)19-3/h7-9,11-12,14,18H,4-6,10H2,1-3H3. The molecule has 3 unspecified atom stereocenters. The summed E-state index contributed by atoms with van der Waals surface area (Å²) in [5.74, 6) is 1.62. The monoisotopic (exact) mass is 265 g/mol. The molecule has 1 aromatic rings. The van der Waals surface area contributed by atoms with Gasteiger partial charge in [0.2, 0.25) is 0 Å². The van der Waals surface area contributed by atoms with Crippen molar-refractivity contribution in [1.29, 1.82) is 0 Å². The maximum Gasteiger partial charge on any atom is 0.165 e. The molecule has 2 rings (SSSR count). The normalized spacial score (nSPS) is 24.4. The van der Waals surface area contributed by atoms with Crippen molar-refractivity contribution in [2.24, 2.45) is 11.8 Å². The molecule has 1 aromatic carbocycles. The fraction of sp³-hybridized carbons (Fsp3) is 0.625. The number of hydrogen-bond donors (Lipinski definition) is 1. The lowest BCUT2D eigenvalue weighted by Gasteiger charge is -2.20. The molecule has 1 N–H and O–H groups in total. The second kappa shape index (κ2) is 6.38. The van der Waals surface area contributed by atoms with E-state index in [0.717, 1.165) is 23.9 Å². The molecule has 0 heterocycles. The number of halogens is 1. The summed E-state index contributed by atoms with van der Waals surface area (Å²) in [4.78, 5) is 0. The Labute approximate surface area is 115 Å². The first-order valence-electron chi connectivity index (χ1n) is 7.18. The second-order valence-electron chi connectivity index (χ2n) is 5.69. The van der Waals surface area contributed by atoms with Gasteiger partial charge in [0.1, 0.15) is 0 Å². The lowest BCUT2D eigenvalue weighted by atomic mass is 9.97. The van der Waals surface area contributed by atoms with Gasteiger partial charge >= 0.3 is 0 Å². The van der Waals surface area contributed by atoms with Gasteiger partial charge < -0.3 is 10.1 Å². The minimum Gasteiger partial charge on any atom is -0.494 e. The van der Waals surface area contributed by atoms with Crippen molar-refractivity contribution in [3.05, 3.63) is 29.6 Å². The fourth-order valence-corrected chi connectivity index (χ4v) is 2.92. The molecule has 3 atom stereocenters. The highest BCUT2D eigenvalue weighted by Crippen LogP contribution is 2.31. The summed E-state index contributed by atoms with van der Waals surface area (Å²) in [5.41, 5.74) is 1.07. The minimum absolute atomic E-state index is 0.224. The highest BCUT2D eigenvalue weighted by Gasteiger charge is 2.23. The minimum atomic E-state index is -0.303. The SMILES string of the molecule is COc1cc(C(C)NCC2CCCC2C)ccc1F. The summed E-state index contributed by atoms with van der Waals surface area (Å²) in [6.07, 6.45) is 4.03. The number of ether oxygens (including phenoxy) is 1. The molecule has 0 aromatic heterocycles. The Hall–Kier alpha value is -1.09. The van der Waals surface area contributed by atoms with Crippen LogP contribution in [0.1, 0.15) is 44.7 Å². The van der Waals surface area contributed by atoms with Crippen molar-refractivity contribution in [3.8, 4) is 5.75 Å². The van der Waals surface area contributed by atoms with Crippen molar-refractivity contribution in [1.82, 2.24) is 5.32 Å². The predicted molar refractivity (Wildman–Crippen MR) is 75.9 cm³/mol. The van der Waals surface area contributed by atoms with E-state index >= 15 is 0 Å². The van der Waals surface area contributed by atoms with E-state index in [-0.39, 0.29) is 11.9 Å². The summed E-state index contributed by atoms with van der Waals surface area (Å²) >= 11 is 0. The second-order valence-corrected chi connectivity index (χ2v) is 5.69. The third-order valence-electron chi connectivity index (χ3n) is 4.40. The Morgan fingerprint density at radius 1 is 1.42 bits per heavy atom. The van der Waals surface area contributed by atoms with Crippen LogP contribution in [0.2, 0.25) is 0 Å². The van der Waals surface area contributed by atoms with Crippen LogP contribution in [-0.4, -0.2) is 13.7 Å². The lowest BCUT2D eigenvalue weighted by Crippen LogP contribution is -2.27. The largest absolute Gasteiger partial charge is 0.494 e. The molecule has 1 aliphatic carbocycles. The van der Waals surface area contributed by atoms with E-state index in [9.17, 15) is 4.39 Å². The van der Waals surface area contributed by atoms with Gasteiger partial charge in [0, 0.05) is 6.04 Å². The maximum absolute atomic E-state index is 13.4. The molecule has 0 spiro atoms. The Kier molecular flexibility index (Phi) is 4.81. The van der Waals surface area contributed by atoms with Crippen LogP contribution in [0.3, 0.4) is 0 Å². The zero-order valence-electron chi connectivity index (χ0n) is 12.1. The van der Waals surface area contributed by atoms with E-state index in [1.165, 1.54) is 32.4 Å². The molecule has 106 valence electrons. The first-order chi connectivity index (χ1) is 9.11. The van der Waals surface area contributed by atoms with Gasteiger partial charge in [0.05, 0.1) is 7.11 Å². The first-order valence-corrected chi connectivity index (χ1v) is 7.18. The van der Waals surface area contributed by atoms with E-state index < -0.39 is 0 Å². The number of benzene rings is 1. The van der Waals surface area contributed by atoms with Crippen molar-refractivity contribution in [3.63, 3.8) is 0 Å². The molecule has 2 nitrogen and oxygen atoms in total. The average molecular weight is 265 g/mol.